The Morgan fingerprint density at radius 1 is 0.900 bits per heavy atom. The van der Waals surface area contributed by atoms with Crippen LogP contribution in [0.1, 0.15) is 23.1 Å². The van der Waals surface area contributed by atoms with Crippen LogP contribution in [-0.4, -0.2) is 38.1 Å². The smallest absolute Gasteiger partial charge is 0.228 e. The first-order valence-corrected chi connectivity index (χ1v) is 10.1. The minimum absolute atomic E-state index is 0.000392. The normalized spacial score (nSPS) is 15.9. The molecular weight excluding hydrogens is 376 g/mol. The number of carbonyl (C=O) groups is 2. The molecule has 1 aliphatic rings. The second kappa shape index (κ2) is 9.31. The highest BCUT2D eigenvalue weighted by atomic mass is 16.2. The van der Waals surface area contributed by atoms with Crippen molar-refractivity contribution >= 4 is 11.8 Å². The van der Waals surface area contributed by atoms with E-state index in [2.05, 4.69) is 9.97 Å². The SMILES string of the molecule is O=C1CC(C(=O)N(Cc2ccncc2)Cc2cccnc2)CN1Cc1ccccc1. The number of benzene rings is 1. The number of hydrogen-bond acceptors (Lipinski definition) is 4. The zero-order chi connectivity index (χ0) is 20.8. The van der Waals surface area contributed by atoms with Gasteiger partial charge in [-0.1, -0.05) is 36.4 Å². The summed E-state index contributed by atoms with van der Waals surface area (Å²) in [6.45, 7) is 1.92. The first-order valence-electron chi connectivity index (χ1n) is 10.1. The van der Waals surface area contributed by atoms with Crippen LogP contribution in [0.15, 0.2) is 79.4 Å². The molecule has 3 heterocycles. The van der Waals surface area contributed by atoms with Gasteiger partial charge >= 0.3 is 0 Å². The van der Waals surface area contributed by atoms with Crippen LogP contribution in [0, 0.1) is 5.92 Å². The Balaban J connectivity index is 1.48. The van der Waals surface area contributed by atoms with E-state index in [1.165, 1.54) is 0 Å². The van der Waals surface area contributed by atoms with E-state index in [0.29, 0.717) is 26.2 Å². The van der Waals surface area contributed by atoms with Gasteiger partial charge < -0.3 is 9.80 Å². The average Bonchev–Trinajstić information content (AvgIpc) is 3.15. The fourth-order valence-corrected chi connectivity index (χ4v) is 3.78. The summed E-state index contributed by atoms with van der Waals surface area (Å²) in [6, 6.07) is 17.5. The number of nitrogens with zero attached hydrogens (tertiary/aromatic N) is 4. The number of carbonyl (C=O) groups excluding carboxylic acids is 2. The molecule has 1 fully saturated rings. The molecule has 0 saturated carbocycles. The fourth-order valence-electron chi connectivity index (χ4n) is 3.78. The highest BCUT2D eigenvalue weighted by Gasteiger charge is 2.36. The first kappa shape index (κ1) is 19.8. The van der Waals surface area contributed by atoms with E-state index >= 15 is 0 Å². The van der Waals surface area contributed by atoms with Crippen LogP contribution >= 0.6 is 0 Å². The molecule has 4 rings (SSSR count). The summed E-state index contributed by atoms with van der Waals surface area (Å²) in [5.41, 5.74) is 3.04. The Labute approximate surface area is 176 Å². The number of aromatic nitrogens is 2. The van der Waals surface area contributed by atoms with E-state index in [0.717, 1.165) is 16.7 Å². The number of pyridine rings is 2. The molecule has 0 spiro atoms. The van der Waals surface area contributed by atoms with Gasteiger partial charge in [-0.3, -0.25) is 19.6 Å². The lowest BCUT2D eigenvalue weighted by molar-refractivity contribution is -0.137. The summed E-state index contributed by atoms with van der Waals surface area (Å²) < 4.78 is 0. The third-order valence-electron chi connectivity index (χ3n) is 5.31. The molecule has 2 aromatic heterocycles. The third-order valence-corrected chi connectivity index (χ3v) is 5.31. The fraction of sp³-hybridized carbons (Fsp3) is 0.250. The van der Waals surface area contributed by atoms with Crippen LogP contribution in [0.4, 0.5) is 0 Å². The predicted molar refractivity (Wildman–Crippen MR) is 113 cm³/mol. The minimum Gasteiger partial charge on any atom is -0.338 e. The van der Waals surface area contributed by atoms with Gasteiger partial charge in [-0.25, -0.2) is 0 Å². The molecule has 1 saturated heterocycles. The Kier molecular flexibility index (Phi) is 6.13. The summed E-state index contributed by atoms with van der Waals surface area (Å²) in [5, 5.41) is 0. The summed E-state index contributed by atoms with van der Waals surface area (Å²) >= 11 is 0. The molecule has 3 aromatic rings. The van der Waals surface area contributed by atoms with E-state index in [9.17, 15) is 9.59 Å². The van der Waals surface area contributed by atoms with Gasteiger partial charge in [-0.15, -0.1) is 0 Å². The largest absolute Gasteiger partial charge is 0.338 e. The van der Waals surface area contributed by atoms with Gasteiger partial charge in [0.05, 0.1) is 5.92 Å². The van der Waals surface area contributed by atoms with Crippen LogP contribution < -0.4 is 0 Å². The Morgan fingerprint density at radius 2 is 1.63 bits per heavy atom. The summed E-state index contributed by atoms with van der Waals surface area (Å²) in [7, 11) is 0. The lowest BCUT2D eigenvalue weighted by atomic mass is 10.1. The molecule has 6 heteroatoms. The van der Waals surface area contributed by atoms with Gasteiger partial charge in [0, 0.05) is 57.4 Å². The minimum atomic E-state index is -0.334. The van der Waals surface area contributed by atoms with Crippen molar-refractivity contribution in [2.24, 2.45) is 5.92 Å². The van der Waals surface area contributed by atoms with Gasteiger partial charge in [0.1, 0.15) is 0 Å². The molecule has 2 amide bonds. The van der Waals surface area contributed by atoms with Crippen molar-refractivity contribution in [3.05, 3.63) is 96.1 Å². The molecule has 152 valence electrons. The molecule has 0 N–H and O–H groups in total. The van der Waals surface area contributed by atoms with E-state index in [1.54, 1.807) is 29.7 Å². The molecule has 6 nitrogen and oxygen atoms in total. The quantitative estimate of drug-likeness (QED) is 0.611. The second-order valence-electron chi connectivity index (χ2n) is 7.57. The molecule has 1 unspecified atom stereocenters. The topological polar surface area (TPSA) is 66.4 Å². The number of amides is 2. The molecule has 0 bridgehead atoms. The van der Waals surface area contributed by atoms with Gasteiger partial charge in [-0.2, -0.15) is 0 Å². The van der Waals surface area contributed by atoms with Crippen LogP contribution in [0.2, 0.25) is 0 Å². The zero-order valence-electron chi connectivity index (χ0n) is 16.7. The van der Waals surface area contributed by atoms with E-state index in [-0.39, 0.29) is 24.2 Å². The maximum absolute atomic E-state index is 13.4. The van der Waals surface area contributed by atoms with Crippen LogP contribution in [-0.2, 0) is 29.2 Å². The standard InChI is InChI=1S/C24H24N4O2/c29-23-13-22(18-27(23)15-19-5-2-1-3-6-19)24(30)28(16-20-8-11-25-12-9-20)17-21-7-4-10-26-14-21/h1-12,14,22H,13,15-18H2. The molecule has 1 aromatic carbocycles. The van der Waals surface area contributed by atoms with Crippen molar-refractivity contribution in [3.63, 3.8) is 0 Å². The van der Waals surface area contributed by atoms with Gasteiger partial charge in [-0.05, 0) is 34.9 Å². The molecule has 30 heavy (non-hydrogen) atoms. The van der Waals surface area contributed by atoms with Crippen LogP contribution in [0.5, 0.6) is 0 Å². The molecule has 0 aliphatic carbocycles. The summed E-state index contributed by atoms with van der Waals surface area (Å²) in [5.74, 6) is -0.304. The number of hydrogen-bond donors (Lipinski definition) is 0. The maximum atomic E-state index is 13.4. The highest BCUT2D eigenvalue weighted by molar-refractivity contribution is 5.89. The Bertz CT molecular complexity index is 938. The number of likely N-dealkylation sites (tertiary alicyclic amines) is 1. The van der Waals surface area contributed by atoms with Crippen molar-refractivity contribution in [2.75, 3.05) is 6.54 Å². The van der Waals surface area contributed by atoms with Crippen molar-refractivity contribution < 1.29 is 9.59 Å². The van der Waals surface area contributed by atoms with Gasteiger partial charge in [0.15, 0.2) is 0 Å². The monoisotopic (exact) mass is 400 g/mol. The van der Waals surface area contributed by atoms with Crippen molar-refractivity contribution in [1.82, 2.24) is 19.8 Å². The predicted octanol–water partition coefficient (Wildman–Crippen LogP) is 3.05. The van der Waals surface area contributed by atoms with Crippen molar-refractivity contribution in [3.8, 4) is 0 Å². The highest BCUT2D eigenvalue weighted by Crippen LogP contribution is 2.24. The van der Waals surface area contributed by atoms with Crippen molar-refractivity contribution in [1.29, 1.82) is 0 Å². The van der Waals surface area contributed by atoms with Crippen LogP contribution in [0.3, 0.4) is 0 Å². The Morgan fingerprint density at radius 3 is 2.37 bits per heavy atom. The Hall–Kier alpha value is -3.54. The molecular formula is C24H24N4O2. The summed E-state index contributed by atoms with van der Waals surface area (Å²) in [6.07, 6.45) is 7.20. The average molecular weight is 400 g/mol. The zero-order valence-corrected chi connectivity index (χ0v) is 16.7. The molecule has 0 radical (unpaired) electrons. The first-order chi connectivity index (χ1) is 14.7. The number of rotatable bonds is 7. The van der Waals surface area contributed by atoms with E-state index < -0.39 is 0 Å². The second-order valence-corrected chi connectivity index (χ2v) is 7.57. The van der Waals surface area contributed by atoms with Crippen LogP contribution in [0.25, 0.3) is 0 Å². The summed E-state index contributed by atoms with van der Waals surface area (Å²) in [4.78, 5) is 37.8. The van der Waals surface area contributed by atoms with Gasteiger partial charge in [0.2, 0.25) is 11.8 Å². The lowest BCUT2D eigenvalue weighted by Crippen LogP contribution is -2.36. The third kappa shape index (κ3) is 4.89. The molecule has 1 atom stereocenters. The van der Waals surface area contributed by atoms with E-state index in [4.69, 9.17) is 0 Å². The van der Waals surface area contributed by atoms with Crippen molar-refractivity contribution in [2.45, 2.75) is 26.1 Å². The van der Waals surface area contributed by atoms with E-state index in [1.807, 2.05) is 59.5 Å². The lowest BCUT2D eigenvalue weighted by Gasteiger charge is -2.26. The molecule has 1 aliphatic heterocycles. The van der Waals surface area contributed by atoms with Gasteiger partial charge in [0.25, 0.3) is 0 Å². The maximum Gasteiger partial charge on any atom is 0.228 e.